The van der Waals surface area contributed by atoms with Gasteiger partial charge in [-0.25, -0.2) is 0 Å². The number of benzene rings is 1. The van der Waals surface area contributed by atoms with Crippen LogP contribution >= 0.6 is 0 Å². The molecule has 1 saturated heterocycles. The van der Waals surface area contributed by atoms with Crippen molar-refractivity contribution in [2.75, 3.05) is 26.3 Å². The van der Waals surface area contributed by atoms with Crippen molar-refractivity contribution in [1.82, 2.24) is 10.2 Å². The summed E-state index contributed by atoms with van der Waals surface area (Å²) >= 11 is 0. The maximum atomic E-state index is 12.5. The van der Waals surface area contributed by atoms with E-state index in [-0.39, 0.29) is 11.9 Å². The second-order valence-corrected chi connectivity index (χ2v) is 5.24. The van der Waals surface area contributed by atoms with Gasteiger partial charge in [0.1, 0.15) is 6.04 Å². The minimum atomic E-state index is -0.175. The summed E-state index contributed by atoms with van der Waals surface area (Å²) in [5.41, 5.74) is 1.07. The monoisotopic (exact) mass is 260 g/mol. The molecule has 0 bridgehead atoms. The summed E-state index contributed by atoms with van der Waals surface area (Å²) < 4.78 is 5.39. The van der Waals surface area contributed by atoms with Crippen molar-refractivity contribution in [2.24, 2.45) is 0 Å². The maximum absolute atomic E-state index is 12.5. The molecule has 1 N–H and O–H groups in total. The first kappa shape index (κ1) is 12.6. The number of carbonyl (C=O) groups is 1. The van der Waals surface area contributed by atoms with Crippen molar-refractivity contribution < 1.29 is 9.53 Å². The van der Waals surface area contributed by atoms with Crippen molar-refractivity contribution in [3.05, 3.63) is 35.9 Å². The van der Waals surface area contributed by atoms with Gasteiger partial charge in [0.15, 0.2) is 0 Å². The zero-order valence-corrected chi connectivity index (χ0v) is 11.0. The average Bonchev–Trinajstić information content (AvgIpc) is 3.25. The predicted molar refractivity (Wildman–Crippen MR) is 72.7 cm³/mol. The number of nitrogens with zero attached hydrogens (tertiary/aromatic N) is 1. The van der Waals surface area contributed by atoms with Crippen LogP contribution < -0.4 is 5.32 Å². The third kappa shape index (κ3) is 3.14. The molecule has 3 rings (SSSR count). The standard InChI is InChI=1S/C15H20N2O2/c18-15(16-13-6-7-13)14(12-4-2-1-3-5-12)17-8-10-19-11-9-17/h1-5,13-14H,6-11H2,(H,16,18)/t14-/m1/s1. The lowest BCUT2D eigenvalue weighted by molar-refractivity contribution is -0.128. The molecule has 102 valence electrons. The van der Waals surface area contributed by atoms with Crippen molar-refractivity contribution in [3.8, 4) is 0 Å². The van der Waals surface area contributed by atoms with E-state index in [4.69, 9.17) is 4.74 Å². The van der Waals surface area contributed by atoms with Gasteiger partial charge in [0.25, 0.3) is 0 Å². The van der Waals surface area contributed by atoms with Gasteiger partial charge in [-0.3, -0.25) is 9.69 Å². The highest BCUT2D eigenvalue weighted by atomic mass is 16.5. The lowest BCUT2D eigenvalue weighted by atomic mass is 10.0. The highest BCUT2D eigenvalue weighted by Gasteiger charge is 2.32. The van der Waals surface area contributed by atoms with E-state index < -0.39 is 0 Å². The van der Waals surface area contributed by atoms with Crippen LogP contribution in [0.25, 0.3) is 0 Å². The topological polar surface area (TPSA) is 41.6 Å². The van der Waals surface area contributed by atoms with Crippen LogP contribution in [0.15, 0.2) is 30.3 Å². The molecule has 1 saturated carbocycles. The zero-order valence-electron chi connectivity index (χ0n) is 11.0. The van der Waals surface area contributed by atoms with Crippen LogP contribution in [0, 0.1) is 0 Å². The fourth-order valence-corrected chi connectivity index (χ4v) is 2.51. The third-order valence-electron chi connectivity index (χ3n) is 3.70. The van der Waals surface area contributed by atoms with Gasteiger partial charge in [-0.2, -0.15) is 0 Å². The maximum Gasteiger partial charge on any atom is 0.242 e. The summed E-state index contributed by atoms with van der Waals surface area (Å²) in [6.07, 6.45) is 2.24. The first-order valence-corrected chi connectivity index (χ1v) is 7.02. The van der Waals surface area contributed by atoms with Gasteiger partial charge < -0.3 is 10.1 Å². The van der Waals surface area contributed by atoms with Crippen LogP contribution in [-0.4, -0.2) is 43.2 Å². The lowest BCUT2D eigenvalue weighted by Crippen LogP contribution is -2.46. The summed E-state index contributed by atoms with van der Waals surface area (Å²) in [5.74, 6) is 0.135. The molecule has 1 aromatic rings. The quantitative estimate of drug-likeness (QED) is 0.888. The molecule has 4 nitrogen and oxygen atoms in total. The Hall–Kier alpha value is -1.39. The number of amides is 1. The van der Waals surface area contributed by atoms with Crippen LogP contribution in [0.4, 0.5) is 0 Å². The number of hydrogen-bond donors (Lipinski definition) is 1. The van der Waals surface area contributed by atoms with E-state index in [9.17, 15) is 4.79 Å². The fraction of sp³-hybridized carbons (Fsp3) is 0.533. The number of nitrogens with one attached hydrogen (secondary N) is 1. The molecule has 0 radical (unpaired) electrons. The van der Waals surface area contributed by atoms with E-state index >= 15 is 0 Å². The summed E-state index contributed by atoms with van der Waals surface area (Å²) in [6.45, 7) is 3.05. The molecule has 1 aromatic carbocycles. The Morgan fingerprint density at radius 1 is 1.21 bits per heavy atom. The molecule has 1 amide bonds. The van der Waals surface area contributed by atoms with Crippen molar-refractivity contribution in [2.45, 2.75) is 24.9 Å². The summed E-state index contributed by atoms with van der Waals surface area (Å²) in [5, 5.41) is 3.13. The van der Waals surface area contributed by atoms with E-state index in [0.717, 1.165) is 31.5 Å². The predicted octanol–water partition coefficient (Wildman–Crippen LogP) is 1.34. The molecule has 1 aliphatic carbocycles. The van der Waals surface area contributed by atoms with Gasteiger partial charge in [0.2, 0.25) is 5.91 Å². The second kappa shape index (κ2) is 5.72. The largest absolute Gasteiger partial charge is 0.379 e. The average molecular weight is 260 g/mol. The Bertz CT molecular complexity index is 425. The van der Waals surface area contributed by atoms with Gasteiger partial charge >= 0.3 is 0 Å². The number of rotatable bonds is 4. The van der Waals surface area contributed by atoms with E-state index in [0.29, 0.717) is 19.3 Å². The molecule has 19 heavy (non-hydrogen) atoms. The molecule has 2 fully saturated rings. The third-order valence-corrected chi connectivity index (χ3v) is 3.70. The van der Waals surface area contributed by atoms with Crippen molar-refractivity contribution in [3.63, 3.8) is 0 Å². The Balaban J connectivity index is 1.79. The van der Waals surface area contributed by atoms with E-state index in [1.54, 1.807) is 0 Å². The lowest BCUT2D eigenvalue weighted by Gasteiger charge is -2.33. The summed E-state index contributed by atoms with van der Waals surface area (Å²) in [6, 6.07) is 10.3. The number of morpholine rings is 1. The van der Waals surface area contributed by atoms with Crippen LogP contribution in [0.5, 0.6) is 0 Å². The Kier molecular flexibility index (Phi) is 3.80. The second-order valence-electron chi connectivity index (χ2n) is 5.24. The molecule has 1 aliphatic heterocycles. The first-order valence-electron chi connectivity index (χ1n) is 7.02. The van der Waals surface area contributed by atoms with Crippen LogP contribution in [0.1, 0.15) is 24.4 Å². The normalized spacial score (nSPS) is 21.9. The van der Waals surface area contributed by atoms with Crippen LogP contribution in [0.3, 0.4) is 0 Å². The Morgan fingerprint density at radius 3 is 2.53 bits per heavy atom. The van der Waals surface area contributed by atoms with Crippen molar-refractivity contribution >= 4 is 5.91 Å². The number of ether oxygens (including phenoxy) is 1. The molecule has 4 heteroatoms. The first-order chi connectivity index (χ1) is 9.34. The minimum absolute atomic E-state index is 0.135. The van der Waals surface area contributed by atoms with E-state index in [2.05, 4.69) is 10.2 Å². The minimum Gasteiger partial charge on any atom is -0.379 e. The molecule has 0 aromatic heterocycles. The van der Waals surface area contributed by atoms with Gasteiger partial charge in [-0.1, -0.05) is 30.3 Å². The molecule has 2 aliphatic rings. The van der Waals surface area contributed by atoms with Gasteiger partial charge in [-0.15, -0.1) is 0 Å². The fourth-order valence-electron chi connectivity index (χ4n) is 2.51. The molecule has 0 spiro atoms. The highest BCUT2D eigenvalue weighted by molar-refractivity contribution is 5.83. The van der Waals surface area contributed by atoms with Crippen LogP contribution in [-0.2, 0) is 9.53 Å². The van der Waals surface area contributed by atoms with Gasteiger partial charge in [0, 0.05) is 19.1 Å². The Morgan fingerprint density at radius 2 is 1.89 bits per heavy atom. The molecular weight excluding hydrogens is 240 g/mol. The SMILES string of the molecule is O=C(NC1CC1)[C@@H](c1ccccc1)N1CCOCC1. The summed E-state index contributed by atoms with van der Waals surface area (Å²) in [7, 11) is 0. The molecule has 1 atom stereocenters. The summed E-state index contributed by atoms with van der Waals surface area (Å²) in [4.78, 5) is 14.7. The number of hydrogen-bond acceptors (Lipinski definition) is 3. The van der Waals surface area contributed by atoms with Gasteiger partial charge in [-0.05, 0) is 18.4 Å². The smallest absolute Gasteiger partial charge is 0.242 e. The van der Waals surface area contributed by atoms with E-state index in [1.165, 1.54) is 0 Å². The zero-order chi connectivity index (χ0) is 13.1. The highest BCUT2D eigenvalue weighted by Crippen LogP contribution is 2.25. The van der Waals surface area contributed by atoms with Gasteiger partial charge in [0.05, 0.1) is 13.2 Å². The molecular formula is C15H20N2O2. The number of carbonyl (C=O) groups excluding carboxylic acids is 1. The molecule has 0 unspecified atom stereocenters. The van der Waals surface area contributed by atoms with E-state index in [1.807, 2.05) is 30.3 Å². The Labute approximate surface area is 113 Å². The van der Waals surface area contributed by atoms with Crippen molar-refractivity contribution in [1.29, 1.82) is 0 Å². The van der Waals surface area contributed by atoms with Crippen LogP contribution in [0.2, 0.25) is 0 Å². The molecule has 1 heterocycles.